The lowest BCUT2D eigenvalue weighted by Crippen LogP contribution is -2.21. The molecule has 7 heteroatoms. The first-order chi connectivity index (χ1) is 9.91. The van der Waals surface area contributed by atoms with Crippen molar-refractivity contribution in [2.45, 2.75) is 24.2 Å². The summed E-state index contributed by atoms with van der Waals surface area (Å²) in [5, 5.41) is 11.1. The van der Waals surface area contributed by atoms with Crippen molar-refractivity contribution in [1.82, 2.24) is 0 Å². The maximum atomic E-state index is 11.9. The molecule has 0 unspecified atom stereocenters. The maximum absolute atomic E-state index is 11.9. The molecule has 1 N–H and O–H groups in total. The molecule has 1 saturated heterocycles. The molecule has 0 aromatic heterocycles. The van der Waals surface area contributed by atoms with Gasteiger partial charge in [0, 0.05) is 25.0 Å². The predicted molar refractivity (Wildman–Crippen MR) is 79.9 cm³/mol. The predicted octanol–water partition coefficient (Wildman–Crippen LogP) is 1.54. The lowest BCUT2D eigenvalue weighted by Gasteiger charge is -2.21. The zero-order valence-corrected chi connectivity index (χ0v) is 12.6. The first kappa shape index (κ1) is 15.3. The molecule has 2 rings (SSSR count). The van der Waals surface area contributed by atoms with Crippen molar-refractivity contribution < 1.29 is 13.2 Å². The third-order valence-electron chi connectivity index (χ3n) is 3.33. The van der Waals surface area contributed by atoms with Crippen LogP contribution in [-0.4, -0.2) is 33.7 Å². The van der Waals surface area contributed by atoms with Gasteiger partial charge in [-0.3, -0.25) is 4.79 Å². The van der Waals surface area contributed by atoms with Crippen molar-refractivity contribution in [3.63, 3.8) is 0 Å². The summed E-state index contributed by atoms with van der Waals surface area (Å²) in [6.45, 7) is 1.61. The van der Waals surface area contributed by atoms with Gasteiger partial charge in [0.1, 0.15) is 6.42 Å². The van der Waals surface area contributed by atoms with Crippen LogP contribution in [0.5, 0.6) is 0 Å². The summed E-state index contributed by atoms with van der Waals surface area (Å²) in [7, 11) is -3.33. The molecule has 1 aromatic carbocycles. The van der Waals surface area contributed by atoms with E-state index in [0.29, 0.717) is 11.4 Å². The van der Waals surface area contributed by atoms with Crippen molar-refractivity contribution >= 4 is 27.1 Å². The van der Waals surface area contributed by atoms with Crippen molar-refractivity contribution in [2.75, 3.05) is 29.6 Å². The van der Waals surface area contributed by atoms with Gasteiger partial charge >= 0.3 is 0 Å². The molecule has 21 heavy (non-hydrogen) atoms. The zero-order chi connectivity index (χ0) is 15.5. The van der Waals surface area contributed by atoms with E-state index in [4.69, 9.17) is 5.26 Å². The molecule has 0 bridgehead atoms. The largest absolute Gasteiger partial charge is 0.370 e. The Morgan fingerprint density at radius 2 is 2.05 bits per heavy atom. The SMILES string of the molecule is CS(=O)(=O)c1ccc(NC(=O)CC#N)cc1N1CCCC1. The molecule has 1 aliphatic heterocycles. The number of hydrogen-bond donors (Lipinski definition) is 1. The molecule has 1 fully saturated rings. The number of hydrogen-bond acceptors (Lipinski definition) is 5. The fraction of sp³-hybridized carbons (Fsp3) is 0.429. The average Bonchev–Trinajstić information content (AvgIpc) is 2.91. The summed E-state index contributed by atoms with van der Waals surface area (Å²) >= 11 is 0. The van der Waals surface area contributed by atoms with E-state index in [9.17, 15) is 13.2 Å². The minimum atomic E-state index is -3.33. The van der Waals surface area contributed by atoms with Gasteiger partial charge in [-0.1, -0.05) is 0 Å². The van der Waals surface area contributed by atoms with Gasteiger partial charge in [0.05, 0.1) is 16.7 Å². The number of nitrogens with zero attached hydrogens (tertiary/aromatic N) is 2. The molecular formula is C14H17N3O3S. The van der Waals surface area contributed by atoms with Gasteiger partial charge in [0.25, 0.3) is 0 Å². The van der Waals surface area contributed by atoms with Crippen LogP contribution in [0.25, 0.3) is 0 Å². The standard InChI is InChI=1S/C14H17N3O3S/c1-21(19,20)13-5-4-11(16-14(18)6-7-15)10-12(13)17-8-2-3-9-17/h4-5,10H,2-3,6,8-9H2,1H3,(H,16,18). The van der Waals surface area contributed by atoms with E-state index >= 15 is 0 Å². The molecule has 1 aromatic rings. The second-order valence-corrected chi connectivity index (χ2v) is 7.02. The van der Waals surface area contributed by atoms with Crippen LogP contribution in [0.3, 0.4) is 0 Å². The van der Waals surface area contributed by atoms with Crippen molar-refractivity contribution in [2.24, 2.45) is 0 Å². The van der Waals surface area contributed by atoms with Crippen molar-refractivity contribution in [3.8, 4) is 6.07 Å². The minimum Gasteiger partial charge on any atom is -0.370 e. The maximum Gasteiger partial charge on any atom is 0.238 e. The quantitative estimate of drug-likeness (QED) is 0.911. The van der Waals surface area contributed by atoms with Crippen LogP contribution in [0.4, 0.5) is 11.4 Å². The van der Waals surface area contributed by atoms with Gasteiger partial charge in [-0.05, 0) is 31.0 Å². The monoisotopic (exact) mass is 307 g/mol. The Balaban J connectivity index is 2.37. The highest BCUT2D eigenvalue weighted by Crippen LogP contribution is 2.31. The second-order valence-electron chi connectivity index (χ2n) is 5.03. The number of rotatable bonds is 4. The topological polar surface area (TPSA) is 90.3 Å². The first-order valence-corrected chi connectivity index (χ1v) is 8.57. The van der Waals surface area contributed by atoms with E-state index in [1.165, 1.54) is 12.3 Å². The van der Waals surface area contributed by atoms with Crippen LogP contribution in [0, 0.1) is 11.3 Å². The van der Waals surface area contributed by atoms with Gasteiger partial charge in [0.15, 0.2) is 9.84 Å². The number of amides is 1. The molecule has 0 spiro atoms. The number of nitriles is 1. The zero-order valence-electron chi connectivity index (χ0n) is 11.8. The number of carbonyl (C=O) groups is 1. The molecule has 1 aliphatic rings. The van der Waals surface area contributed by atoms with Crippen LogP contribution >= 0.6 is 0 Å². The molecule has 112 valence electrons. The van der Waals surface area contributed by atoms with E-state index in [1.54, 1.807) is 18.2 Å². The summed E-state index contributed by atoms with van der Waals surface area (Å²) in [5.74, 6) is -0.406. The Labute approximate surface area is 124 Å². The highest BCUT2D eigenvalue weighted by Gasteiger charge is 2.21. The number of carbonyl (C=O) groups excluding carboxylic acids is 1. The molecule has 0 aliphatic carbocycles. The fourth-order valence-corrected chi connectivity index (χ4v) is 3.27. The summed E-state index contributed by atoms with van der Waals surface area (Å²) in [5.41, 5.74) is 1.12. The van der Waals surface area contributed by atoms with Gasteiger partial charge in [0.2, 0.25) is 5.91 Å². The van der Waals surface area contributed by atoms with E-state index < -0.39 is 15.7 Å². The highest BCUT2D eigenvalue weighted by atomic mass is 32.2. The average molecular weight is 307 g/mol. The Morgan fingerprint density at radius 3 is 2.62 bits per heavy atom. The summed E-state index contributed by atoms with van der Waals surface area (Å²) in [4.78, 5) is 13.7. The van der Waals surface area contributed by atoms with Crippen molar-refractivity contribution in [1.29, 1.82) is 5.26 Å². The molecular weight excluding hydrogens is 290 g/mol. The first-order valence-electron chi connectivity index (χ1n) is 6.67. The normalized spacial score (nSPS) is 14.8. The van der Waals surface area contributed by atoms with Crippen LogP contribution < -0.4 is 10.2 Å². The van der Waals surface area contributed by atoms with Gasteiger partial charge in [-0.25, -0.2) is 8.42 Å². The Bertz CT molecular complexity index is 686. The van der Waals surface area contributed by atoms with E-state index in [0.717, 1.165) is 25.9 Å². The summed E-state index contributed by atoms with van der Waals surface area (Å²) < 4.78 is 23.8. The van der Waals surface area contributed by atoms with Crippen LogP contribution in [0.1, 0.15) is 19.3 Å². The van der Waals surface area contributed by atoms with Gasteiger partial charge in [-0.2, -0.15) is 5.26 Å². The molecule has 0 saturated carbocycles. The van der Waals surface area contributed by atoms with Crippen LogP contribution in [-0.2, 0) is 14.6 Å². The van der Waals surface area contributed by atoms with E-state index in [1.807, 2.05) is 4.90 Å². The second kappa shape index (κ2) is 6.14. The minimum absolute atomic E-state index is 0.229. The molecule has 0 radical (unpaired) electrons. The lowest BCUT2D eigenvalue weighted by molar-refractivity contribution is -0.115. The lowest BCUT2D eigenvalue weighted by atomic mass is 10.2. The smallest absolute Gasteiger partial charge is 0.238 e. The third-order valence-corrected chi connectivity index (χ3v) is 4.47. The molecule has 0 atom stereocenters. The number of anilines is 2. The molecule has 1 heterocycles. The molecule has 1 amide bonds. The van der Waals surface area contributed by atoms with E-state index in [2.05, 4.69) is 5.32 Å². The third kappa shape index (κ3) is 3.73. The highest BCUT2D eigenvalue weighted by molar-refractivity contribution is 7.90. The number of nitrogens with one attached hydrogen (secondary N) is 1. The van der Waals surface area contributed by atoms with Crippen LogP contribution in [0.15, 0.2) is 23.1 Å². The number of benzene rings is 1. The molecule has 6 nitrogen and oxygen atoms in total. The van der Waals surface area contributed by atoms with Gasteiger partial charge in [-0.15, -0.1) is 0 Å². The Kier molecular flexibility index (Phi) is 4.48. The Morgan fingerprint density at radius 1 is 1.38 bits per heavy atom. The summed E-state index contributed by atoms with van der Waals surface area (Å²) in [6.07, 6.45) is 2.99. The van der Waals surface area contributed by atoms with Gasteiger partial charge < -0.3 is 10.2 Å². The van der Waals surface area contributed by atoms with Crippen LogP contribution in [0.2, 0.25) is 0 Å². The summed E-state index contributed by atoms with van der Waals surface area (Å²) in [6, 6.07) is 6.49. The van der Waals surface area contributed by atoms with E-state index in [-0.39, 0.29) is 11.3 Å². The number of sulfone groups is 1. The van der Waals surface area contributed by atoms with Crippen molar-refractivity contribution in [3.05, 3.63) is 18.2 Å². The Hall–Kier alpha value is -2.07. The fourth-order valence-electron chi connectivity index (χ4n) is 2.39.